The van der Waals surface area contributed by atoms with Crippen LogP contribution in [0, 0.1) is 0 Å². The predicted octanol–water partition coefficient (Wildman–Crippen LogP) is 6.05. The fraction of sp³-hybridized carbons (Fsp3) is 0.103. The van der Waals surface area contributed by atoms with E-state index in [1.165, 1.54) is 10.9 Å². The maximum atomic E-state index is 13.1. The smallest absolute Gasteiger partial charge is 0.272 e. The highest BCUT2D eigenvalue weighted by Gasteiger charge is 2.18. The average molecular weight is 432 g/mol. The number of para-hydroxylation sites is 1. The Labute approximate surface area is 193 Å². The minimum Gasteiger partial charge on any atom is -0.348 e. The molecule has 5 aromatic rings. The van der Waals surface area contributed by atoms with Crippen LogP contribution in [0.5, 0.6) is 0 Å². The quantitative estimate of drug-likeness (QED) is 0.356. The Bertz CT molecular complexity index is 1390. The summed E-state index contributed by atoms with van der Waals surface area (Å²) in [6.45, 7) is 2.02. The van der Waals surface area contributed by atoms with Crippen molar-refractivity contribution in [2.24, 2.45) is 0 Å². The lowest BCUT2D eigenvalue weighted by molar-refractivity contribution is 0.0934. The van der Waals surface area contributed by atoms with Crippen LogP contribution >= 0.6 is 0 Å². The maximum Gasteiger partial charge on any atom is 0.272 e. The molecule has 0 radical (unpaired) electrons. The average Bonchev–Trinajstić information content (AvgIpc) is 3.31. The molecule has 0 saturated heterocycles. The number of aromatic nitrogens is 2. The number of hydrogen-bond donors (Lipinski definition) is 1. The molecular weight excluding hydrogens is 406 g/mol. The number of benzene rings is 4. The zero-order chi connectivity index (χ0) is 22.6. The van der Waals surface area contributed by atoms with E-state index in [2.05, 4.69) is 47.8 Å². The highest BCUT2D eigenvalue weighted by molar-refractivity contribution is 5.94. The van der Waals surface area contributed by atoms with E-state index >= 15 is 0 Å². The van der Waals surface area contributed by atoms with Crippen LogP contribution in [0.3, 0.4) is 0 Å². The van der Waals surface area contributed by atoms with Crippen LogP contribution in [0.15, 0.2) is 109 Å². The molecule has 0 saturated carbocycles. The number of carbonyl (C=O) groups is 1. The molecule has 4 heteroatoms. The van der Waals surface area contributed by atoms with Crippen molar-refractivity contribution in [3.63, 3.8) is 0 Å². The van der Waals surface area contributed by atoms with Gasteiger partial charge in [-0.1, -0.05) is 84.9 Å². The molecule has 4 aromatic carbocycles. The van der Waals surface area contributed by atoms with E-state index in [0.717, 1.165) is 28.8 Å². The first-order valence-electron chi connectivity index (χ1n) is 11.2. The Morgan fingerprint density at radius 3 is 2.24 bits per heavy atom. The maximum absolute atomic E-state index is 13.1. The summed E-state index contributed by atoms with van der Waals surface area (Å²) in [7, 11) is 0. The van der Waals surface area contributed by atoms with Crippen molar-refractivity contribution in [2.75, 3.05) is 0 Å². The van der Waals surface area contributed by atoms with Gasteiger partial charge in [-0.2, -0.15) is 5.10 Å². The Kier molecular flexibility index (Phi) is 5.73. The van der Waals surface area contributed by atoms with Crippen molar-refractivity contribution in [1.29, 1.82) is 0 Å². The van der Waals surface area contributed by atoms with Gasteiger partial charge in [-0.15, -0.1) is 0 Å². The summed E-state index contributed by atoms with van der Waals surface area (Å²) < 4.78 is 1.85. The third-order valence-electron chi connectivity index (χ3n) is 5.75. The molecule has 1 heterocycles. The molecule has 0 spiro atoms. The third-order valence-corrected chi connectivity index (χ3v) is 5.75. The fourth-order valence-corrected chi connectivity index (χ4v) is 4.13. The number of rotatable bonds is 6. The molecule has 1 N–H and O–H groups in total. The second kappa shape index (κ2) is 9.13. The molecule has 0 bridgehead atoms. The van der Waals surface area contributed by atoms with Gasteiger partial charge in [0, 0.05) is 11.6 Å². The van der Waals surface area contributed by atoms with Crippen LogP contribution in [0.2, 0.25) is 0 Å². The summed E-state index contributed by atoms with van der Waals surface area (Å²) in [5.74, 6) is -0.171. The van der Waals surface area contributed by atoms with Crippen molar-refractivity contribution < 1.29 is 4.79 Å². The standard InChI is InChI=1S/C29H25N3O/c1-21(18-22-10-4-2-5-11-22)30-29(33)27-20-28(32(31-27)26-14-6-3-7-15-26)25-17-16-23-12-8-9-13-24(23)19-25/h2-17,19-21H,18H2,1H3,(H,30,33)/t21-/m0/s1. The van der Waals surface area contributed by atoms with Gasteiger partial charge in [0.05, 0.1) is 11.4 Å². The van der Waals surface area contributed by atoms with Gasteiger partial charge in [-0.25, -0.2) is 4.68 Å². The second-order valence-electron chi connectivity index (χ2n) is 8.29. The molecule has 33 heavy (non-hydrogen) atoms. The minimum atomic E-state index is -0.171. The first kappa shape index (κ1) is 20.7. The lowest BCUT2D eigenvalue weighted by atomic mass is 10.0. The van der Waals surface area contributed by atoms with Gasteiger partial charge in [0.15, 0.2) is 5.69 Å². The van der Waals surface area contributed by atoms with Gasteiger partial charge in [0.1, 0.15) is 0 Å². The number of hydrogen-bond acceptors (Lipinski definition) is 2. The van der Waals surface area contributed by atoms with Crippen LogP contribution in [-0.4, -0.2) is 21.7 Å². The molecule has 1 amide bonds. The zero-order valence-electron chi connectivity index (χ0n) is 18.5. The number of fused-ring (bicyclic) bond motifs is 1. The Hall–Kier alpha value is -4.18. The lowest BCUT2D eigenvalue weighted by Gasteiger charge is -2.13. The summed E-state index contributed by atoms with van der Waals surface area (Å²) in [5.41, 5.74) is 4.41. The molecule has 1 aromatic heterocycles. The number of nitrogens with zero attached hydrogens (tertiary/aromatic N) is 2. The van der Waals surface area contributed by atoms with Crippen molar-refractivity contribution in [2.45, 2.75) is 19.4 Å². The van der Waals surface area contributed by atoms with Crippen molar-refractivity contribution in [1.82, 2.24) is 15.1 Å². The minimum absolute atomic E-state index is 0.00843. The van der Waals surface area contributed by atoms with Crippen LogP contribution in [-0.2, 0) is 6.42 Å². The second-order valence-corrected chi connectivity index (χ2v) is 8.29. The van der Waals surface area contributed by atoms with Crippen molar-refractivity contribution >= 4 is 16.7 Å². The molecular formula is C29H25N3O. The number of amides is 1. The third kappa shape index (κ3) is 4.55. The molecule has 0 unspecified atom stereocenters. The van der Waals surface area contributed by atoms with Gasteiger partial charge < -0.3 is 5.32 Å². The Morgan fingerprint density at radius 1 is 0.818 bits per heavy atom. The summed E-state index contributed by atoms with van der Waals surface area (Å²) in [5, 5.41) is 10.1. The monoisotopic (exact) mass is 431 g/mol. The Balaban J connectivity index is 1.48. The highest BCUT2D eigenvalue weighted by Crippen LogP contribution is 2.27. The molecule has 0 fully saturated rings. The first-order valence-corrected chi connectivity index (χ1v) is 11.2. The van der Waals surface area contributed by atoms with Gasteiger partial charge in [-0.05, 0) is 53.9 Å². The first-order chi connectivity index (χ1) is 16.2. The summed E-state index contributed by atoms with van der Waals surface area (Å²) in [6, 6.07) is 36.6. The molecule has 0 aliphatic heterocycles. The van der Waals surface area contributed by atoms with Gasteiger partial charge >= 0.3 is 0 Å². The van der Waals surface area contributed by atoms with E-state index in [1.807, 2.05) is 78.3 Å². The Morgan fingerprint density at radius 2 is 1.48 bits per heavy atom. The van der Waals surface area contributed by atoms with E-state index in [9.17, 15) is 4.79 Å². The van der Waals surface area contributed by atoms with Crippen molar-refractivity contribution in [3.05, 3.63) is 120 Å². The number of carbonyl (C=O) groups excluding carboxylic acids is 1. The molecule has 162 valence electrons. The SMILES string of the molecule is C[C@@H](Cc1ccccc1)NC(=O)c1cc(-c2ccc3ccccc3c2)n(-c2ccccc2)n1. The summed E-state index contributed by atoms with van der Waals surface area (Å²) in [4.78, 5) is 13.1. The van der Waals surface area contributed by atoms with E-state index < -0.39 is 0 Å². The number of nitrogens with one attached hydrogen (secondary N) is 1. The molecule has 4 nitrogen and oxygen atoms in total. The molecule has 0 aliphatic rings. The van der Waals surface area contributed by atoms with Crippen LogP contribution in [0.1, 0.15) is 23.0 Å². The topological polar surface area (TPSA) is 46.9 Å². The van der Waals surface area contributed by atoms with Crippen LogP contribution < -0.4 is 5.32 Å². The van der Waals surface area contributed by atoms with Crippen LogP contribution in [0.25, 0.3) is 27.7 Å². The van der Waals surface area contributed by atoms with Gasteiger partial charge in [0.2, 0.25) is 0 Å². The van der Waals surface area contributed by atoms with E-state index in [1.54, 1.807) is 0 Å². The lowest BCUT2D eigenvalue weighted by Crippen LogP contribution is -2.34. The van der Waals surface area contributed by atoms with E-state index in [-0.39, 0.29) is 11.9 Å². The van der Waals surface area contributed by atoms with E-state index in [0.29, 0.717) is 5.69 Å². The zero-order valence-corrected chi connectivity index (χ0v) is 18.5. The highest BCUT2D eigenvalue weighted by atomic mass is 16.2. The van der Waals surface area contributed by atoms with Crippen LogP contribution in [0.4, 0.5) is 0 Å². The summed E-state index contributed by atoms with van der Waals surface area (Å²) >= 11 is 0. The largest absolute Gasteiger partial charge is 0.348 e. The normalized spacial score (nSPS) is 11.9. The van der Waals surface area contributed by atoms with Crippen molar-refractivity contribution in [3.8, 4) is 16.9 Å². The van der Waals surface area contributed by atoms with Gasteiger partial charge in [-0.3, -0.25) is 4.79 Å². The van der Waals surface area contributed by atoms with Gasteiger partial charge in [0.25, 0.3) is 5.91 Å². The summed E-state index contributed by atoms with van der Waals surface area (Å²) in [6.07, 6.45) is 0.767. The molecule has 1 atom stereocenters. The van der Waals surface area contributed by atoms with E-state index in [4.69, 9.17) is 5.10 Å². The fourth-order valence-electron chi connectivity index (χ4n) is 4.13. The molecule has 5 rings (SSSR count). The molecule has 0 aliphatic carbocycles. The predicted molar refractivity (Wildman–Crippen MR) is 134 cm³/mol.